The molecule has 194 valence electrons. The van der Waals surface area contributed by atoms with Crippen LogP contribution in [0.3, 0.4) is 0 Å². The van der Waals surface area contributed by atoms with Crippen molar-refractivity contribution in [3.8, 4) is 22.8 Å². The Kier molecular flexibility index (Phi) is 6.35. The predicted octanol–water partition coefficient (Wildman–Crippen LogP) is 5.98. The van der Waals surface area contributed by atoms with Crippen LogP contribution in [0.4, 0.5) is 5.82 Å². The summed E-state index contributed by atoms with van der Waals surface area (Å²) in [6, 6.07) is 14.5. The lowest BCUT2D eigenvalue weighted by atomic mass is 9.96. The number of nitrogens with zero attached hydrogens (tertiary/aromatic N) is 4. The molecule has 6 rings (SSSR count). The van der Waals surface area contributed by atoms with Gasteiger partial charge >= 0.3 is 0 Å². The van der Waals surface area contributed by atoms with Crippen LogP contribution in [-0.2, 0) is 6.42 Å². The van der Waals surface area contributed by atoms with Gasteiger partial charge in [-0.15, -0.1) is 0 Å². The number of methoxy groups -OCH3 is 2. The lowest BCUT2D eigenvalue weighted by molar-refractivity contribution is 0.412. The average Bonchev–Trinajstić information content (AvgIpc) is 3.57. The molecule has 38 heavy (non-hydrogen) atoms. The molecule has 0 atom stereocenters. The van der Waals surface area contributed by atoms with Crippen molar-refractivity contribution >= 4 is 17.5 Å². The van der Waals surface area contributed by atoms with Gasteiger partial charge in [-0.25, -0.2) is 15.0 Å². The van der Waals surface area contributed by atoms with Crippen LogP contribution in [0.2, 0.25) is 0 Å². The molecule has 0 unspecified atom stereocenters. The van der Waals surface area contributed by atoms with Crippen LogP contribution in [0.25, 0.3) is 22.9 Å². The molecule has 2 aromatic heterocycles. The first-order valence-corrected chi connectivity index (χ1v) is 13.2. The molecule has 2 aliphatic rings. The molecule has 3 heterocycles. The average molecular weight is 508 g/mol. The van der Waals surface area contributed by atoms with Crippen molar-refractivity contribution in [3.63, 3.8) is 0 Å². The van der Waals surface area contributed by atoms with Gasteiger partial charge in [-0.2, -0.15) is 0 Å². The molecule has 7 nitrogen and oxygen atoms in total. The highest BCUT2D eigenvalue weighted by molar-refractivity contribution is 5.91. The van der Waals surface area contributed by atoms with E-state index in [1.807, 2.05) is 12.1 Å². The van der Waals surface area contributed by atoms with Gasteiger partial charge in [0.25, 0.3) is 0 Å². The second-order valence-corrected chi connectivity index (χ2v) is 10.2. The number of allylic oxidation sites excluding steroid dienone is 1. The Morgan fingerprint density at radius 1 is 0.947 bits per heavy atom. The molecule has 2 aromatic carbocycles. The van der Waals surface area contributed by atoms with Gasteiger partial charge in [0.2, 0.25) is 0 Å². The van der Waals surface area contributed by atoms with E-state index in [1.165, 1.54) is 11.1 Å². The summed E-state index contributed by atoms with van der Waals surface area (Å²) in [7, 11) is 3.42. The van der Waals surface area contributed by atoms with Gasteiger partial charge in [0.15, 0.2) is 0 Å². The van der Waals surface area contributed by atoms with E-state index in [9.17, 15) is 0 Å². The summed E-state index contributed by atoms with van der Waals surface area (Å²) < 4.78 is 11.0. The first-order valence-electron chi connectivity index (χ1n) is 13.2. The molecule has 1 aliphatic heterocycles. The summed E-state index contributed by atoms with van der Waals surface area (Å²) in [5.41, 5.74) is 8.97. The van der Waals surface area contributed by atoms with E-state index in [-0.39, 0.29) is 0 Å². The number of imidazole rings is 1. The normalized spacial score (nSPS) is 15.4. The molecule has 1 N–H and O–H groups in total. The van der Waals surface area contributed by atoms with Gasteiger partial charge in [0.05, 0.1) is 25.6 Å². The highest BCUT2D eigenvalue weighted by atomic mass is 16.5. The van der Waals surface area contributed by atoms with Crippen LogP contribution in [0.5, 0.6) is 11.5 Å². The first kappa shape index (κ1) is 24.2. The highest BCUT2D eigenvalue weighted by Gasteiger charge is 2.28. The summed E-state index contributed by atoms with van der Waals surface area (Å²) in [5.74, 6) is 4.26. The summed E-state index contributed by atoms with van der Waals surface area (Å²) >= 11 is 0. The number of aryl methyl sites for hydroxylation is 2. The van der Waals surface area contributed by atoms with Crippen molar-refractivity contribution in [1.82, 2.24) is 19.9 Å². The Morgan fingerprint density at radius 2 is 1.79 bits per heavy atom. The molecule has 1 saturated heterocycles. The van der Waals surface area contributed by atoms with E-state index in [0.717, 1.165) is 89.3 Å². The van der Waals surface area contributed by atoms with Gasteiger partial charge in [0.1, 0.15) is 29.5 Å². The fourth-order valence-corrected chi connectivity index (χ4v) is 5.67. The first-order chi connectivity index (χ1) is 18.5. The van der Waals surface area contributed by atoms with E-state index in [2.05, 4.69) is 65.1 Å². The summed E-state index contributed by atoms with van der Waals surface area (Å²) in [6.07, 6.45) is 6.82. The minimum absolute atomic E-state index is 0.392. The van der Waals surface area contributed by atoms with Crippen molar-refractivity contribution < 1.29 is 9.47 Å². The number of aromatic nitrogens is 4. The van der Waals surface area contributed by atoms with Crippen LogP contribution in [0, 0.1) is 13.8 Å². The van der Waals surface area contributed by atoms with Crippen LogP contribution >= 0.6 is 0 Å². The third kappa shape index (κ3) is 4.42. The number of rotatable bonds is 6. The van der Waals surface area contributed by atoms with Gasteiger partial charge in [-0.3, -0.25) is 0 Å². The van der Waals surface area contributed by atoms with Crippen molar-refractivity contribution in [2.75, 3.05) is 32.2 Å². The fraction of sp³-hybridized carbons (Fsp3) is 0.323. The minimum atomic E-state index is 0.392. The zero-order chi connectivity index (χ0) is 26.2. The molecule has 0 spiro atoms. The topological polar surface area (TPSA) is 76.2 Å². The maximum Gasteiger partial charge on any atom is 0.139 e. The van der Waals surface area contributed by atoms with Crippen molar-refractivity contribution in [2.45, 2.75) is 39.0 Å². The zero-order valence-electron chi connectivity index (χ0n) is 22.4. The molecule has 0 amide bonds. The maximum absolute atomic E-state index is 5.53. The van der Waals surface area contributed by atoms with Crippen molar-refractivity contribution in [3.05, 3.63) is 82.7 Å². The minimum Gasteiger partial charge on any atom is -0.497 e. The number of aromatic amines is 1. The Hall–Kier alpha value is -4.13. The van der Waals surface area contributed by atoms with Crippen LogP contribution in [-0.4, -0.2) is 47.2 Å². The van der Waals surface area contributed by atoms with Gasteiger partial charge in [0, 0.05) is 42.2 Å². The Bertz CT molecular complexity index is 1510. The molecular weight excluding hydrogens is 474 g/mol. The van der Waals surface area contributed by atoms with Gasteiger partial charge in [-0.1, -0.05) is 24.3 Å². The summed E-state index contributed by atoms with van der Waals surface area (Å²) in [5, 5.41) is 0. The van der Waals surface area contributed by atoms with E-state index < -0.39 is 0 Å². The van der Waals surface area contributed by atoms with E-state index >= 15 is 0 Å². The highest BCUT2D eigenvalue weighted by Crippen LogP contribution is 2.38. The molecule has 7 heteroatoms. The number of hydrogen-bond acceptors (Lipinski definition) is 6. The van der Waals surface area contributed by atoms with E-state index in [1.54, 1.807) is 20.5 Å². The van der Waals surface area contributed by atoms with Crippen molar-refractivity contribution in [1.29, 1.82) is 0 Å². The lowest BCUT2D eigenvalue weighted by Gasteiger charge is -2.32. The fourth-order valence-electron chi connectivity index (χ4n) is 5.67. The number of piperidine rings is 1. The van der Waals surface area contributed by atoms with Crippen LogP contribution in [0.15, 0.2) is 48.8 Å². The van der Waals surface area contributed by atoms with Crippen LogP contribution in [0.1, 0.15) is 52.7 Å². The number of nitrogens with one attached hydrogen (secondary N) is 1. The van der Waals surface area contributed by atoms with Crippen LogP contribution < -0.4 is 14.4 Å². The second kappa shape index (κ2) is 9.97. The Morgan fingerprint density at radius 3 is 2.58 bits per heavy atom. The largest absolute Gasteiger partial charge is 0.497 e. The zero-order valence-corrected chi connectivity index (χ0v) is 22.4. The molecule has 1 fully saturated rings. The summed E-state index contributed by atoms with van der Waals surface area (Å²) in [4.78, 5) is 20.4. The smallest absolute Gasteiger partial charge is 0.139 e. The van der Waals surface area contributed by atoms with Gasteiger partial charge < -0.3 is 19.4 Å². The third-order valence-electron chi connectivity index (χ3n) is 7.83. The van der Waals surface area contributed by atoms with E-state index in [4.69, 9.17) is 19.4 Å². The molecule has 0 bridgehead atoms. The lowest BCUT2D eigenvalue weighted by Crippen LogP contribution is -2.34. The summed E-state index contributed by atoms with van der Waals surface area (Å²) in [6.45, 7) is 6.03. The quantitative estimate of drug-likeness (QED) is 0.346. The maximum atomic E-state index is 5.53. The van der Waals surface area contributed by atoms with E-state index in [0.29, 0.717) is 5.92 Å². The molecular formula is C31H33N5O2. The Labute approximate surface area is 223 Å². The standard InChI is InChI=1S/C31H33N5O2/c1-19-8-9-23(17-28(19)38-4)29-20(2)34-30(35-29)21-10-12-36(13-11-21)31-26-15-24(16-27(26)32-18-33-31)22-6-5-7-25(14-22)37-3/h5-9,14-15,17-18,21H,10-13,16H2,1-4H3,(H,34,35). The number of hydrogen-bond donors (Lipinski definition) is 1. The van der Waals surface area contributed by atoms with Gasteiger partial charge in [-0.05, 0) is 67.7 Å². The number of anilines is 1. The molecule has 0 saturated carbocycles. The second-order valence-electron chi connectivity index (χ2n) is 10.2. The predicted molar refractivity (Wildman–Crippen MR) is 151 cm³/mol. The number of fused-ring (bicyclic) bond motifs is 1. The third-order valence-corrected chi connectivity index (χ3v) is 7.83. The Balaban J connectivity index is 1.19. The monoisotopic (exact) mass is 507 g/mol. The van der Waals surface area contributed by atoms with Crippen molar-refractivity contribution in [2.24, 2.45) is 0 Å². The molecule has 1 aliphatic carbocycles. The number of ether oxygens (including phenoxy) is 2. The number of benzene rings is 2. The number of H-pyrrole nitrogens is 1. The molecule has 4 aromatic rings. The molecule has 0 radical (unpaired) electrons. The SMILES string of the molecule is COc1cccc(C2=Cc3c(ncnc3N3CCC(c4nc(-c5ccc(C)c(OC)c5)c(C)[nH]4)CC3)C2)c1.